The van der Waals surface area contributed by atoms with E-state index in [9.17, 15) is 4.79 Å². The Bertz CT molecular complexity index is 726. The SMILES string of the molecule is CCC(C)N(Cc1ccccc1)C(=O)c1cc(C(C)C)n(C(C)(C)C)n1. The van der Waals surface area contributed by atoms with Gasteiger partial charge in [0.15, 0.2) is 5.69 Å². The summed E-state index contributed by atoms with van der Waals surface area (Å²) in [6, 6.07) is 12.3. The zero-order chi connectivity index (χ0) is 19.5. The van der Waals surface area contributed by atoms with Crippen molar-refractivity contribution in [3.8, 4) is 0 Å². The minimum Gasteiger partial charge on any atom is -0.330 e. The van der Waals surface area contributed by atoms with Crippen LogP contribution in [0.1, 0.15) is 82.6 Å². The van der Waals surface area contributed by atoms with Crippen LogP contribution < -0.4 is 0 Å². The average Bonchev–Trinajstić information content (AvgIpc) is 3.05. The summed E-state index contributed by atoms with van der Waals surface area (Å²) in [6.45, 7) is 15.5. The third-order valence-electron chi connectivity index (χ3n) is 4.76. The van der Waals surface area contributed by atoms with Crippen LogP contribution in [0.3, 0.4) is 0 Å². The van der Waals surface area contributed by atoms with E-state index in [1.807, 2.05) is 33.8 Å². The Kier molecular flexibility index (Phi) is 6.27. The standard InChI is InChI=1S/C22H33N3O/c1-8-17(4)24(15-18-12-10-9-11-13-18)21(26)19-14-20(16(2)3)25(23-19)22(5,6)7/h9-14,16-17H,8,15H2,1-7H3. The molecule has 1 atom stereocenters. The maximum atomic E-state index is 13.3. The molecule has 0 N–H and O–H groups in total. The number of hydrogen-bond acceptors (Lipinski definition) is 2. The van der Waals surface area contributed by atoms with E-state index < -0.39 is 0 Å². The van der Waals surface area contributed by atoms with Crippen LogP contribution in [0.4, 0.5) is 0 Å². The van der Waals surface area contributed by atoms with E-state index >= 15 is 0 Å². The minimum atomic E-state index is -0.154. The number of hydrogen-bond donors (Lipinski definition) is 0. The molecular weight excluding hydrogens is 322 g/mol. The van der Waals surface area contributed by atoms with Gasteiger partial charge in [-0.25, -0.2) is 0 Å². The summed E-state index contributed by atoms with van der Waals surface area (Å²) in [5, 5.41) is 4.71. The Morgan fingerprint density at radius 1 is 1.15 bits per heavy atom. The highest BCUT2D eigenvalue weighted by molar-refractivity contribution is 5.92. The van der Waals surface area contributed by atoms with Crippen LogP contribution in [0, 0.1) is 0 Å². The van der Waals surface area contributed by atoms with Gasteiger partial charge in [-0.1, -0.05) is 51.1 Å². The smallest absolute Gasteiger partial charge is 0.274 e. The van der Waals surface area contributed by atoms with E-state index in [0.29, 0.717) is 18.2 Å². The maximum absolute atomic E-state index is 13.3. The molecule has 2 rings (SSSR count). The highest BCUT2D eigenvalue weighted by Gasteiger charge is 2.27. The van der Waals surface area contributed by atoms with E-state index in [4.69, 9.17) is 5.10 Å². The Morgan fingerprint density at radius 2 is 1.77 bits per heavy atom. The van der Waals surface area contributed by atoms with Gasteiger partial charge in [-0.15, -0.1) is 0 Å². The van der Waals surface area contributed by atoms with Crippen LogP contribution in [0.2, 0.25) is 0 Å². The second-order valence-corrected chi connectivity index (χ2v) is 8.37. The van der Waals surface area contributed by atoms with Crippen molar-refractivity contribution in [1.82, 2.24) is 14.7 Å². The lowest BCUT2D eigenvalue weighted by Crippen LogP contribution is -2.38. The second-order valence-electron chi connectivity index (χ2n) is 8.37. The van der Waals surface area contributed by atoms with Crippen molar-refractivity contribution in [3.63, 3.8) is 0 Å². The predicted octanol–water partition coefficient (Wildman–Crippen LogP) is 5.20. The molecule has 1 aromatic heterocycles. The van der Waals surface area contributed by atoms with Crippen LogP contribution >= 0.6 is 0 Å². The van der Waals surface area contributed by atoms with E-state index in [0.717, 1.165) is 17.7 Å². The first-order valence-electron chi connectivity index (χ1n) is 9.60. The number of carbonyl (C=O) groups is 1. The van der Waals surface area contributed by atoms with Gasteiger partial charge in [0.25, 0.3) is 5.91 Å². The van der Waals surface area contributed by atoms with Crippen molar-refractivity contribution >= 4 is 5.91 Å². The van der Waals surface area contributed by atoms with Gasteiger partial charge in [-0.2, -0.15) is 5.10 Å². The third-order valence-corrected chi connectivity index (χ3v) is 4.76. The molecule has 0 bridgehead atoms. The summed E-state index contributed by atoms with van der Waals surface area (Å²) in [5.74, 6) is 0.322. The fraction of sp³-hybridized carbons (Fsp3) is 0.545. The summed E-state index contributed by atoms with van der Waals surface area (Å²) in [7, 11) is 0. The molecular formula is C22H33N3O. The van der Waals surface area contributed by atoms with Gasteiger partial charge in [-0.3, -0.25) is 9.48 Å². The molecule has 0 fully saturated rings. The lowest BCUT2D eigenvalue weighted by Gasteiger charge is -2.28. The fourth-order valence-corrected chi connectivity index (χ4v) is 3.02. The summed E-state index contributed by atoms with van der Waals surface area (Å²) in [5.41, 5.74) is 2.63. The van der Waals surface area contributed by atoms with E-state index in [2.05, 4.69) is 60.6 Å². The zero-order valence-electron chi connectivity index (χ0n) is 17.3. The van der Waals surface area contributed by atoms with Gasteiger partial charge in [0.1, 0.15) is 0 Å². The molecule has 0 aliphatic heterocycles. The Labute approximate surface area is 158 Å². The Morgan fingerprint density at radius 3 is 2.23 bits per heavy atom. The van der Waals surface area contributed by atoms with Gasteiger partial charge in [0, 0.05) is 18.3 Å². The van der Waals surface area contributed by atoms with Crippen molar-refractivity contribution in [2.45, 2.75) is 78.9 Å². The molecule has 0 spiro atoms. The molecule has 142 valence electrons. The number of carbonyl (C=O) groups excluding carboxylic acids is 1. The molecule has 0 aliphatic rings. The monoisotopic (exact) mass is 355 g/mol. The predicted molar refractivity (Wildman–Crippen MR) is 107 cm³/mol. The second kappa shape index (κ2) is 8.07. The molecule has 26 heavy (non-hydrogen) atoms. The van der Waals surface area contributed by atoms with Gasteiger partial charge < -0.3 is 4.90 Å². The highest BCUT2D eigenvalue weighted by atomic mass is 16.2. The van der Waals surface area contributed by atoms with Crippen LogP contribution in [-0.2, 0) is 12.1 Å². The van der Waals surface area contributed by atoms with Gasteiger partial charge in [0.05, 0.1) is 5.54 Å². The molecule has 1 unspecified atom stereocenters. The van der Waals surface area contributed by atoms with Gasteiger partial charge in [0.2, 0.25) is 0 Å². The highest BCUT2D eigenvalue weighted by Crippen LogP contribution is 2.25. The number of nitrogens with zero attached hydrogens (tertiary/aromatic N) is 3. The maximum Gasteiger partial charge on any atom is 0.274 e. The molecule has 4 heteroatoms. The number of benzene rings is 1. The van der Waals surface area contributed by atoms with Crippen molar-refractivity contribution in [1.29, 1.82) is 0 Å². The minimum absolute atomic E-state index is 0.00750. The van der Waals surface area contributed by atoms with Crippen molar-refractivity contribution in [2.75, 3.05) is 0 Å². The van der Waals surface area contributed by atoms with Crippen LogP contribution in [0.5, 0.6) is 0 Å². The van der Waals surface area contributed by atoms with E-state index in [1.165, 1.54) is 0 Å². The summed E-state index contributed by atoms with van der Waals surface area (Å²) in [4.78, 5) is 15.3. The van der Waals surface area contributed by atoms with Crippen molar-refractivity contribution in [3.05, 3.63) is 53.3 Å². The van der Waals surface area contributed by atoms with Gasteiger partial charge in [-0.05, 0) is 51.7 Å². The number of amides is 1. The normalized spacial score (nSPS) is 13.1. The number of aromatic nitrogens is 2. The number of rotatable bonds is 6. The average molecular weight is 356 g/mol. The van der Waals surface area contributed by atoms with E-state index in [-0.39, 0.29) is 17.5 Å². The molecule has 0 saturated carbocycles. The summed E-state index contributed by atoms with van der Waals surface area (Å²) < 4.78 is 2.00. The largest absolute Gasteiger partial charge is 0.330 e. The molecule has 0 aliphatic carbocycles. The fourth-order valence-electron chi connectivity index (χ4n) is 3.02. The van der Waals surface area contributed by atoms with E-state index in [1.54, 1.807) is 0 Å². The Balaban J connectivity index is 2.39. The quantitative estimate of drug-likeness (QED) is 0.714. The zero-order valence-corrected chi connectivity index (χ0v) is 17.3. The topological polar surface area (TPSA) is 38.1 Å². The lowest BCUT2D eigenvalue weighted by molar-refractivity contribution is 0.0663. The molecule has 0 saturated heterocycles. The molecule has 2 aromatic rings. The lowest BCUT2D eigenvalue weighted by atomic mass is 10.1. The first-order valence-corrected chi connectivity index (χ1v) is 9.60. The van der Waals surface area contributed by atoms with Crippen molar-refractivity contribution in [2.24, 2.45) is 0 Å². The first-order chi connectivity index (χ1) is 12.1. The summed E-state index contributed by atoms with van der Waals surface area (Å²) in [6.07, 6.45) is 0.912. The summed E-state index contributed by atoms with van der Waals surface area (Å²) >= 11 is 0. The van der Waals surface area contributed by atoms with Crippen LogP contribution in [0.25, 0.3) is 0 Å². The molecule has 0 radical (unpaired) electrons. The van der Waals surface area contributed by atoms with Crippen molar-refractivity contribution < 1.29 is 4.79 Å². The van der Waals surface area contributed by atoms with Gasteiger partial charge >= 0.3 is 0 Å². The molecule has 1 amide bonds. The van der Waals surface area contributed by atoms with Crippen LogP contribution in [0.15, 0.2) is 36.4 Å². The third kappa shape index (κ3) is 4.54. The molecule has 1 heterocycles. The molecule has 4 nitrogen and oxygen atoms in total. The molecule has 1 aromatic carbocycles. The van der Waals surface area contributed by atoms with Crippen LogP contribution in [-0.4, -0.2) is 26.6 Å². The first kappa shape index (κ1) is 20.2. The Hall–Kier alpha value is -2.10.